The second kappa shape index (κ2) is 11.1. The van der Waals surface area contributed by atoms with Gasteiger partial charge in [0.15, 0.2) is 0 Å². The molecule has 0 aromatic carbocycles. The van der Waals surface area contributed by atoms with Crippen molar-refractivity contribution >= 4 is 11.9 Å². The van der Waals surface area contributed by atoms with E-state index in [1.54, 1.807) is 0 Å². The van der Waals surface area contributed by atoms with Gasteiger partial charge in [-0.3, -0.25) is 9.59 Å². The zero-order valence-corrected chi connectivity index (χ0v) is 11.9. The molecule has 0 aliphatic carbocycles. The molecule has 0 N–H and O–H groups in total. The Balaban J connectivity index is 3.55. The zero-order chi connectivity index (χ0) is 13.8. The van der Waals surface area contributed by atoms with Gasteiger partial charge in [0.2, 0.25) is 0 Å². The molecule has 0 saturated carbocycles. The van der Waals surface area contributed by atoms with Crippen LogP contribution in [0.1, 0.15) is 65.7 Å². The molecule has 1 unspecified atom stereocenters. The van der Waals surface area contributed by atoms with Crippen molar-refractivity contribution in [2.75, 3.05) is 6.61 Å². The van der Waals surface area contributed by atoms with E-state index >= 15 is 0 Å². The molecule has 1 atom stereocenters. The monoisotopic (exact) mass is 258 g/mol. The summed E-state index contributed by atoms with van der Waals surface area (Å²) in [6, 6.07) is 0. The first-order valence-corrected chi connectivity index (χ1v) is 6.95. The van der Waals surface area contributed by atoms with Gasteiger partial charge in [-0.1, -0.05) is 26.7 Å². The topological polar surface area (TPSA) is 52.6 Å². The fourth-order valence-corrected chi connectivity index (χ4v) is 1.50. The minimum Gasteiger partial charge on any atom is -0.466 e. The average Bonchev–Trinajstić information content (AvgIpc) is 2.33. The van der Waals surface area contributed by atoms with Crippen LogP contribution in [0.15, 0.2) is 0 Å². The molecule has 0 fully saturated rings. The normalized spacial score (nSPS) is 11.9. The van der Waals surface area contributed by atoms with E-state index in [1.165, 1.54) is 0 Å². The maximum atomic E-state index is 11.4. The number of hydrogen-bond acceptors (Lipinski definition) is 4. The molecular weight excluding hydrogens is 232 g/mol. The SMILES string of the molecule is CCCCC(C)OC(=O)CCCC(=O)OCCC. The first-order chi connectivity index (χ1) is 8.60. The second-order valence-corrected chi connectivity index (χ2v) is 4.52. The summed E-state index contributed by atoms with van der Waals surface area (Å²) in [5, 5.41) is 0. The molecule has 0 bridgehead atoms. The lowest BCUT2D eigenvalue weighted by atomic mass is 10.2. The van der Waals surface area contributed by atoms with Crippen molar-refractivity contribution in [1.82, 2.24) is 0 Å². The lowest BCUT2D eigenvalue weighted by Gasteiger charge is -2.12. The van der Waals surface area contributed by atoms with Crippen LogP contribution < -0.4 is 0 Å². The van der Waals surface area contributed by atoms with Crippen LogP contribution in [-0.2, 0) is 19.1 Å². The zero-order valence-electron chi connectivity index (χ0n) is 11.9. The minimum atomic E-state index is -0.233. The van der Waals surface area contributed by atoms with Crippen molar-refractivity contribution in [1.29, 1.82) is 0 Å². The number of carbonyl (C=O) groups is 2. The fraction of sp³-hybridized carbons (Fsp3) is 0.857. The highest BCUT2D eigenvalue weighted by Gasteiger charge is 2.10. The van der Waals surface area contributed by atoms with Gasteiger partial charge in [0.25, 0.3) is 0 Å². The predicted molar refractivity (Wildman–Crippen MR) is 70.2 cm³/mol. The molecule has 0 spiro atoms. The second-order valence-electron chi connectivity index (χ2n) is 4.52. The number of unbranched alkanes of at least 4 members (excludes halogenated alkanes) is 1. The van der Waals surface area contributed by atoms with Crippen LogP contribution in [0.4, 0.5) is 0 Å². The van der Waals surface area contributed by atoms with Crippen LogP contribution in [0.3, 0.4) is 0 Å². The van der Waals surface area contributed by atoms with Crippen molar-refractivity contribution in [3.05, 3.63) is 0 Å². The van der Waals surface area contributed by atoms with Crippen molar-refractivity contribution < 1.29 is 19.1 Å². The third-order valence-corrected chi connectivity index (χ3v) is 2.53. The highest BCUT2D eigenvalue weighted by atomic mass is 16.5. The Bertz CT molecular complexity index is 238. The molecular formula is C14H26O4. The third kappa shape index (κ3) is 10.1. The molecule has 0 aromatic heterocycles. The van der Waals surface area contributed by atoms with Gasteiger partial charge in [-0.2, -0.15) is 0 Å². The number of ether oxygens (including phenoxy) is 2. The summed E-state index contributed by atoms with van der Waals surface area (Å²) in [5.74, 6) is -0.453. The molecule has 0 amide bonds. The molecule has 0 radical (unpaired) electrons. The summed E-state index contributed by atoms with van der Waals surface area (Å²) < 4.78 is 10.1. The Hall–Kier alpha value is -1.06. The van der Waals surface area contributed by atoms with Crippen LogP contribution in [0.2, 0.25) is 0 Å². The third-order valence-electron chi connectivity index (χ3n) is 2.53. The lowest BCUT2D eigenvalue weighted by molar-refractivity contribution is -0.149. The predicted octanol–water partition coefficient (Wildman–Crippen LogP) is 3.23. The van der Waals surface area contributed by atoms with Gasteiger partial charge in [-0.05, 0) is 26.2 Å². The highest BCUT2D eigenvalue weighted by molar-refractivity contribution is 5.72. The Morgan fingerprint density at radius 3 is 2.28 bits per heavy atom. The van der Waals surface area contributed by atoms with Gasteiger partial charge in [-0.25, -0.2) is 0 Å². The summed E-state index contributed by atoms with van der Waals surface area (Å²) in [5.41, 5.74) is 0. The van der Waals surface area contributed by atoms with Crippen LogP contribution in [0.25, 0.3) is 0 Å². The number of esters is 2. The van der Waals surface area contributed by atoms with Crippen LogP contribution >= 0.6 is 0 Å². The molecule has 4 heteroatoms. The quantitative estimate of drug-likeness (QED) is 0.564. The van der Waals surface area contributed by atoms with Crippen molar-refractivity contribution in [2.45, 2.75) is 71.8 Å². The summed E-state index contributed by atoms with van der Waals surface area (Å²) in [6.07, 6.45) is 4.95. The molecule has 4 nitrogen and oxygen atoms in total. The van der Waals surface area contributed by atoms with Gasteiger partial charge in [0.1, 0.15) is 0 Å². The molecule has 0 heterocycles. The van der Waals surface area contributed by atoms with E-state index in [-0.39, 0.29) is 24.5 Å². The first-order valence-electron chi connectivity index (χ1n) is 6.95. The maximum absolute atomic E-state index is 11.4. The molecule has 0 aromatic rings. The lowest BCUT2D eigenvalue weighted by Crippen LogP contribution is -2.15. The van der Waals surface area contributed by atoms with Crippen LogP contribution in [0, 0.1) is 0 Å². The highest BCUT2D eigenvalue weighted by Crippen LogP contribution is 2.07. The first kappa shape index (κ1) is 16.9. The number of hydrogen-bond donors (Lipinski definition) is 0. The largest absolute Gasteiger partial charge is 0.466 e. The average molecular weight is 258 g/mol. The van der Waals surface area contributed by atoms with Gasteiger partial charge in [-0.15, -0.1) is 0 Å². The van der Waals surface area contributed by atoms with E-state index in [4.69, 9.17) is 9.47 Å². The Morgan fingerprint density at radius 2 is 1.67 bits per heavy atom. The summed E-state index contributed by atoms with van der Waals surface area (Å²) >= 11 is 0. The van der Waals surface area contributed by atoms with Crippen LogP contribution in [0.5, 0.6) is 0 Å². The van der Waals surface area contributed by atoms with Crippen LogP contribution in [-0.4, -0.2) is 24.6 Å². The Labute approximate surface area is 110 Å². The van der Waals surface area contributed by atoms with Gasteiger partial charge in [0, 0.05) is 12.8 Å². The van der Waals surface area contributed by atoms with Gasteiger partial charge in [0.05, 0.1) is 12.7 Å². The Morgan fingerprint density at radius 1 is 1.00 bits per heavy atom. The van der Waals surface area contributed by atoms with Gasteiger partial charge >= 0.3 is 11.9 Å². The number of carbonyl (C=O) groups excluding carboxylic acids is 2. The summed E-state index contributed by atoms with van der Waals surface area (Å²) in [4.78, 5) is 22.6. The fourth-order valence-electron chi connectivity index (χ4n) is 1.50. The molecule has 0 aliphatic heterocycles. The minimum absolute atomic E-state index is 0.0236. The van der Waals surface area contributed by atoms with E-state index in [1.807, 2.05) is 13.8 Å². The van der Waals surface area contributed by atoms with E-state index < -0.39 is 0 Å². The van der Waals surface area contributed by atoms with E-state index in [0.717, 1.165) is 25.7 Å². The molecule has 106 valence electrons. The van der Waals surface area contributed by atoms with E-state index in [0.29, 0.717) is 19.4 Å². The molecule has 0 aliphatic rings. The summed E-state index contributed by atoms with van der Waals surface area (Å²) in [7, 11) is 0. The standard InChI is InChI=1S/C14H26O4/c1-4-6-8-12(3)18-14(16)10-7-9-13(15)17-11-5-2/h12H,4-11H2,1-3H3. The van der Waals surface area contributed by atoms with Crippen molar-refractivity contribution in [3.8, 4) is 0 Å². The van der Waals surface area contributed by atoms with Gasteiger partial charge < -0.3 is 9.47 Å². The maximum Gasteiger partial charge on any atom is 0.306 e. The van der Waals surface area contributed by atoms with E-state index in [9.17, 15) is 9.59 Å². The molecule has 0 saturated heterocycles. The van der Waals surface area contributed by atoms with E-state index in [2.05, 4.69) is 6.92 Å². The molecule has 18 heavy (non-hydrogen) atoms. The molecule has 0 rings (SSSR count). The van der Waals surface area contributed by atoms with Crippen molar-refractivity contribution in [3.63, 3.8) is 0 Å². The summed E-state index contributed by atoms with van der Waals surface area (Å²) in [6.45, 7) is 6.42. The van der Waals surface area contributed by atoms with Crippen molar-refractivity contribution in [2.24, 2.45) is 0 Å². The smallest absolute Gasteiger partial charge is 0.306 e. The number of rotatable bonds is 10. The Kier molecular flexibility index (Phi) is 10.4.